The summed E-state index contributed by atoms with van der Waals surface area (Å²) in [6, 6.07) is -0.449. The minimum atomic E-state index is -0.701. The Morgan fingerprint density at radius 3 is 2.71 bits per heavy atom. The quantitative estimate of drug-likeness (QED) is 0.662. The van der Waals surface area contributed by atoms with Gasteiger partial charge in [-0.05, 0) is 31.3 Å². The smallest absolute Gasteiger partial charge is 0.237 e. The molecule has 0 aromatic rings. The van der Waals surface area contributed by atoms with Crippen LogP contribution in [0.15, 0.2) is 0 Å². The van der Waals surface area contributed by atoms with Gasteiger partial charge in [0.2, 0.25) is 5.91 Å². The molecule has 1 aliphatic rings. The van der Waals surface area contributed by atoms with Gasteiger partial charge in [0.1, 0.15) is 0 Å². The lowest BCUT2D eigenvalue weighted by Gasteiger charge is -2.32. The van der Waals surface area contributed by atoms with Crippen molar-refractivity contribution in [1.82, 2.24) is 5.32 Å². The molecule has 0 bridgehead atoms. The van der Waals surface area contributed by atoms with Crippen molar-refractivity contribution >= 4 is 17.7 Å². The second-order valence-corrected chi connectivity index (χ2v) is 5.88. The second kappa shape index (κ2) is 7.24. The van der Waals surface area contributed by atoms with E-state index in [2.05, 4.69) is 5.32 Å². The predicted molar refractivity (Wildman–Crippen MR) is 72.0 cm³/mol. The molecule has 1 fully saturated rings. The lowest BCUT2D eigenvalue weighted by molar-refractivity contribution is -0.124. The first-order chi connectivity index (χ1) is 8.07. The number of carbonyl (C=O) groups excluding carboxylic acids is 1. The van der Waals surface area contributed by atoms with Crippen LogP contribution in [0.4, 0.5) is 0 Å². The van der Waals surface area contributed by atoms with Crippen molar-refractivity contribution in [2.45, 2.75) is 50.2 Å². The molecule has 5 heteroatoms. The van der Waals surface area contributed by atoms with Crippen LogP contribution in [0, 0.1) is 0 Å². The van der Waals surface area contributed by atoms with Gasteiger partial charge in [-0.1, -0.05) is 19.3 Å². The Labute approximate surface area is 108 Å². The van der Waals surface area contributed by atoms with Crippen LogP contribution >= 0.6 is 11.8 Å². The van der Waals surface area contributed by atoms with Crippen molar-refractivity contribution in [2.24, 2.45) is 5.73 Å². The molecule has 4 N–H and O–H groups in total. The van der Waals surface area contributed by atoms with Crippen LogP contribution in [0.3, 0.4) is 0 Å². The largest absolute Gasteiger partial charge is 0.388 e. The van der Waals surface area contributed by atoms with E-state index in [-0.39, 0.29) is 5.91 Å². The second-order valence-electron chi connectivity index (χ2n) is 4.89. The van der Waals surface area contributed by atoms with E-state index in [1.165, 1.54) is 6.42 Å². The molecule has 0 aromatic carbocycles. The molecule has 1 atom stereocenters. The zero-order valence-electron chi connectivity index (χ0n) is 10.6. The maximum absolute atomic E-state index is 11.7. The zero-order chi connectivity index (χ0) is 12.7. The van der Waals surface area contributed by atoms with Gasteiger partial charge in [-0.2, -0.15) is 11.8 Å². The van der Waals surface area contributed by atoms with Gasteiger partial charge < -0.3 is 16.2 Å². The summed E-state index contributed by atoms with van der Waals surface area (Å²) in [6.45, 7) is 0.346. The van der Waals surface area contributed by atoms with Gasteiger partial charge in [0.15, 0.2) is 0 Å². The number of amides is 1. The molecule has 1 saturated carbocycles. The summed E-state index contributed by atoms with van der Waals surface area (Å²) in [7, 11) is 0. The van der Waals surface area contributed by atoms with E-state index in [1.807, 2.05) is 6.26 Å². The summed E-state index contributed by atoms with van der Waals surface area (Å²) >= 11 is 1.68. The van der Waals surface area contributed by atoms with Crippen molar-refractivity contribution < 1.29 is 9.90 Å². The third-order valence-electron chi connectivity index (χ3n) is 3.35. The first kappa shape index (κ1) is 14.8. The van der Waals surface area contributed by atoms with Crippen molar-refractivity contribution in [2.75, 3.05) is 18.6 Å². The lowest BCUT2D eigenvalue weighted by atomic mass is 9.85. The van der Waals surface area contributed by atoms with E-state index in [9.17, 15) is 9.90 Å². The normalized spacial score (nSPS) is 20.9. The number of hydrogen-bond acceptors (Lipinski definition) is 4. The summed E-state index contributed by atoms with van der Waals surface area (Å²) in [5.41, 5.74) is 5.05. The van der Waals surface area contributed by atoms with E-state index in [0.29, 0.717) is 13.0 Å². The minimum absolute atomic E-state index is 0.141. The van der Waals surface area contributed by atoms with Crippen LogP contribution in [-0.2, 0) is 4.79 Å². The molecule has 0 unspecified atom stereocenters. The maximum atomic E-state index is 11.7. The lowest BCUT2D eigenvalue weighted by Crippen LogP contribution is -2.49. The van der Waals surface area contributed by atoms with Gasteiger partial charge in [-0.3, -0.25) is 4.79 Å². The average molecular weight is 260 g/mol. The summed E-state index contributed by atoms with van der Waals surface area (Å²) < 4.78 is 0. The third-order valence-corrected chi connectivity index (χ3v) is 3.99. The Morgan fingerprint density at radius 2 is 2.12 bits per heavy atom. The Kier molecular flexibility index (Phi) is 6.30. The number of carbonyl (C=O) groups is 1. The fourth-order valence-electron chi connectivity index (χ4n) is 2.15. The molecule has 0 heterocycles. The summed E-state index contributed by atoms with van der Waals surface area (Å²) in [5.74, 6) is 0.747. The minimum Gasteiger partial charge on any atom is -0.388 e. The highest BCUT2D eigenvalue weighted by Gasteiger charge is 2.29. The third kappa shape index (κ3) is 5.27. The zero-order valence-corrected chi connectivity index (χ0v) is 11.4. The van der Waals surface area contributed by atoms with E-state index >= 15 is 0 Å². The fraction of sp³-hybridized carbons (Fsp3) is 0.917. The number of nitrogens with two attached hydrogens (primary N) is 1. The van der Waals surface area contributed by atoms with E-state index in [1.54, 1.807) is 11.8 Å². The van der Waals surface area contributed by atoms with Crippen LogP contribution in [-0.4, -0.2) is 41.2 Å². The molecular formula is C12H24N2O2S. The highest BCUT2D eigenvalue weighted by atomic mass is 32.2. The molecule has 0 radical (unpaired) electrons. The highest BCUT2D eigenvalue weighted by molar-refractivity contribution is 7.98. The molecule has 4 nitrogen and oxygen atoms in total. The van der Waals surface area contributed by atoms with Crippen LogP contribution < -0.4 is 11.1 Å². The van der Waals surface area contributed by atoms with Crippen LogP contribution in [0.2, 0.25) is 0 Å². The fourth-order valence-corrected chi connectivity index (χ4v) is 2.63. The summed E-state index contributed by atoms with van der Waals surface area (Å²) in [6.07, 6.45) is 7.53. The predicted octanol–water partition coefficient (Wildman–Crippen LogP) is 0.878. The summed E-state index contributed by atoms with van der Waals surface area (Å²) in [4.78, 5) is 11.7. The first-order valence-corrected chi connectivity index (χ1v) is 7.71. The Morgan fingerprint density at radius 1 is 1.47 bits per heavy atom. The van der Waals surface area contributed by atoms with Gasteiger partial charge in [-0.15, -0.1) is 0 Å². The highest BCUT2D eigenvalue weighted by Crippen LogP contribution is 2.27. The van der Waals surface area contributed by atoms with Crippen LogP contribution in [0.1, 0.15) is 38.5 Å². The topological polar surface area (TPSA) is 75.4 Å². The number of thioether (sulfide) groups is 1. The molecule has 17 heavy (non-hydrogen) atoms. The molecule has 100 valence electrons. The standard InChI is InChI=1S/C12H24N2O2S/c1-17-8-5-10(13)11(15)14-9-12(16)6-3-2-4-7-12/h10,16H,2-9,13H2,1H3,(H,14,15)/t10-/m1/s1. The van der Waals surface area contributed by atoms with Crippen molar-refractivity contribution in [3.63, 3.8) is 0 Å². The van der Waals surface area contributed by atoms with Crippen molar-refractivity contribution in [3.8, 4) is 0 Å². The van der Waals surface area contributed by atoms with Gasteiger partial charge in [-0.25, -0.2) is 0 Å². The van der Waals surface area contributed by atoms with Gasteiger partial charge >= 0.3 is 0 Å². The number of nitrogens with one attached hydrogen (secondary N) is 1. The first-order valence-electron chi connectivity index (χ1n) is 6.32. The molecule has 0 aliphatic heterocycles. The summed E-state index contributed by atoms with van der Waals surface area (Å²) in [5, 5.41) is 13.0. The molecule has 0 spiro atoms. The van der Waals surface area contributed by atoms with E-state index in [4.69, 9.17) is 5.73 Å². The average Bonchev–Trinajstić information content (AvgIpc) is 2.34. The van der Waals surface area contributed by atoms with Crippen molar-refractivity contribution in [1.29, 1.82) is 0 Å². The number of rotatable bonds is 6. The van der Waals surface area contributed by atoms with Crippen molar-refractivity contribution in [3.05, 3.63) is 0 Å². The molecule has 1 rings (SSSR count). The van der Waals surface area contributed by atoms with E-state index < -0.39 is 11.6 Å². The number of hydrogen-bond donors (Lipinski definition) is 3. The van der Waals surface area contributed by atoms with E-state index in [0.717, 1.165) is 31.4 Å². The van der Waals surface area contributed by atoms with Gasteiger partial charge in [0.25, 0.3) is 0 Å². The number of aliphatic hydroxyl groups is 1. The van der Waals surface area contributed by atoms with Crippen LogP contribution in [0.5, 0.6) is 0 Å². The SMILES string of the molecule is CSCC[C@@H](N)C(=O)NCC1(O)CCCCC1. The molecular weight excluding hydrogens is 236 g/mol. The Bertz CT molecular complexity index is 243. The molecule has 1 amide bonds. The Balaban J connectivity index is 2.26. The van der Waals surface area contributed by atoms with Crippen LogP contribution in [0.25, 0.3) is 0 Å². The molecule has 1 aliphatic carbocycles. The molecule has 0 saturated heterocycles. The monoisotopic (exact) mass is 260 g/mol. The Hall–Kier alpha value is -0.260. The van der Waals surface area contributed by atoms with Gasteiger partial charge in [0.05, 0.1) is 11.6 Å². The molecule has 0 aromatic heterocycles. The van der Waals surface area contributed by atoms with Gasteiger partial charge in [0, 0.05) is 6.54 Å². The maximum Gasteiger partial charge on any atom is 0.237 e.